The lowest BCUT2D eigenvalue weighted by Crippen LogP contribution is -2.38. The molecule has 3 N–H and O–H groups in total. The molecule has 2 amide bonds. The van der Waals surface area contributed by atoms with Crippen LogP contribution in [-0.2, 0) is 16.1 Å². The Kier molecular flexibility index (Phi) is 8.82. The zero-order valence-corrected chi connectivity index (χ0v) is 20.8. The molecule has 1 aliphatic rings. The molecule has 184 valence electrons. The SMILES string of the molecule is CCNC(=O)Nc1ccc([C@@H]2O[C@H](CSc3ccccc3)[C@H](C)[C@H](c3ccc(CO)cc3)O2)cc1. The molecule has 0 saturated carbocycles. The smallest absolute Gasteiger partial charge is 0.319 e. The molecule has 1 saturated heterocycles. The van der Waals surface area contributed by atoms with Crippen molar-refractivity contribution >= 4 is 23.5 Å². The van der Waals surface area contributed by atoms with Crippen LogP contribution in [0.15, 0.2) is 83.8 Å². The van der Waals surface area contributed by atoms with Gasteiger partial charge in [-0.2, -0.15) is 0 Å². The van der Waals surface area contributed by atoms with Gasteiger partial charge in [-0.15, -0.1) is 11.8 Å². The highest BCUT2D eigenvalue weighted by atomic mass is 32.2. The minimum Gasteiger partial charge on any atom is -0.392 e. The number of hydrogen-bond acceptors (Lipinski definition) is 5. The first kappa shape index (κ1) is 25.3. The van der Waals surface area contributed by atoms with Crippen LogP contribution in [-0.4, -0.2) is 29.5 Å². The summed E-state index contributed by atoms with van der Waals surface area (Å²) in [4.78, 5) is 13.0. The molecule has 6 nitrogen and oxygen atoms in total. The largest absolute Gasteiger partial charge is 0.392 e. The Hall–Kier alpha value is -2.84. The van der Waals surface area contributed by atoms with Gasteiger partial charge < -0.3 is 25.2 Å². The number of aliphatic hydroxyl groups excluding tert-OH is 1. The van der Waals surface area contributed by atoms with Crippen molar-refractivity contribution in [2.75, 3.05) is 17.6 Å². The van der Waals surface area contributed by atoms with Crippen LogP contribution in [0.2, 0.25) is 0 Å². The highest BCUT2D eigenvalue weighted by molar-refractivity contribution is 7.99. The Balaban J connectivity index is 1.54. The molecule has 1 heterocycles. The third kappa shape index (κ3) is 6.64. The second-order valence-electron chi connectivity index (χ2n) is 8.55. The molecule has 0 bridgehead atoms. The number of aliphatic hydroxyl groups is 1. The van der Waals surface area contributed by atoms with E-state index in [2.05, 4.69) is 29.7 Å². The van der Waals surface area contributed by atoms with E-state index in [1.54, 1.807) is 11.8 Å². The van der Waals surface area contributed by atoms with Crippen LogP contribution in [0.3, 0.4) is 0 Å². The standard InChI is InChI=1S/C28H32N2O4S/c1-3-29-28(32)30-23-15-13-22(14-16-23)27-33-25(18-35-24-7-5-4-6-8-24)19(2)26(34-27)21-11-9-20(17-31)10-12-21/h4-16,19,25-27,31H,3,17-18H2,1-2H3,(H2,29,30,32)/t19-,25+,26+,27+/m0/s1. The summed E-state index contributed by atoms with van der Waals surface area (Å²) in [6.45, 7) is 4.62. The summed E-state index contributed by atoms with van der Waals surface area (Å²) in [5, 5.41) is 15.0. The van der Waals surface area contributed by atoms with Gasteiger partial charge in [0.1, 0.15) is 0 Å². The van der Waals surface area contributed by atoms with E-state index < -0.39 is 6.29 Å². The second kappa shape index (κ2) is 12.2. The van der Waals surface area contributed by atoms with E-state index in [0.29, 0.717) is 12.2 Å². The number of benzene rings is 3. The van der Waals surface area contributed by atoms with Crippen molar-refractivity contribution in [2.45, 2.75) is 43.8 Å². The molecule has 0 aliphatic carbocycles. The van der Waals surface area contributed by atoms with Gasteiger partial charge >= 0.3 is 6.03 Å². The molecule has 4 rings (SSSR count). The minimum atomic E-state index is -0.534. The van der Waals surface area contributed by atoms with Crippen molar-refractivity contribution < 1.29 is 19.4 Å². The lowest BCUT2D eigenvalue weighted by Gasteiger charge is -2.41. The fourth-order valence-electron chi connectivity index (χ4n) is 4.06. The van der Waals surface area contributed by atoms with E-state index in [9.17, 15) is 9.90 Å². The second-order valence-corrected chi connectivity index (χ2v) is 9.65. The minimum absolute atomic E-state index is 0.0140. The monoisotopic (exact) mass is 492 g/mol. The molecule has 3 aromatic rings. The summed E-state index contributed by atoms with van der Waals surface area (Å²) in [6.07, 6.45) is -0.723. The van der Waals surface area contributed by atoms with Crippen molar-refractivity contribution in [1.29, 1.82) is 0 Å². The van der Waals surface area contributed by atoms with Gasteiger partial charge in [-0.3, -0.25) is 0 Å². The van der Waals surface area contributed by atoms with Crippen LogP contribution in [0.25, 0.3) is 0 Å². The molecular formula is C28H32N2O4S. The van der Waals surface area contributed by atoms with E-state index >= 15 is 0 Å². The number of rotatable bonds is 8. The zero-order chi connectivity index (χ0) is 24.6. The first-order chi connectivity index (χ1) is 17.1. The van der Waals surface area contributed by atoms with Gasteiger partial charge in [0.15, 0.2) is 6.29 Å². The fourth-order valence-corrected chi connectivity index (χ4v) is 5.15. The summed E-state index contributed by atoms with van der Waals surface area (Å²) >= 11 is 1.78. The predicted octanol–water partition coefficient (Wildman–Crippen LogP) is 5.90. The molecular weight excluding hydrogens is 460 g/mol. The average Bonchev–Trinajstić information content (AvgIpc) is 2.89. The molecule has 0 spiro atoms. The molecule has 0 aromatic heterocycles. The van der Waals surface area contributed by atoms with Crippen molar-refractivity contribution in [3.8, 4) is 0 Å². The van der Waals surface area contributed by atoms with Crippen molar-refractivity contribution in [2.24, 2.45) is 5.92 Å². The number of amides is 2. The van der Waals surface area contributed by atoms with E-state index in [0.717, 1.165) is 22.4 Å². The fraction of sp³-hybridized carbons (Fsp3) is 0.321. The summed E-state index contributed by atoms with van der Waals surface area (Å²) in [7, 11) is 0. The van der Waals surface area contributed by atoms with Gasteiger partial charge in [-0.05, 0) is 42.3 Å². The van der Waals surface area contributed by atoms with Crippen LogP contribution >= 0.6 is 11.8 Å². The quantitative estimate of drug-likeness (QED) is 0.341. The number of carbonyl (C=O) groups excluding carboxylic acids is 1. The summed E-state index contributed by atoms with van der Waals surface area (Å²) in [6, 6.07) is 25.6. The topological polar surface area (TPSA) is 79.8 Å². The zero-order valence-electron chi connectivity index (χ0n) is 20.0. The number of urea groups is 1. The molecule has 0 unspecified atom stereocenters. The number of carbonyl (C=O) groups is 1. The van der Waals surface area contributed by atoms with Crippen LogP contribution in [0.1, 0.15) is 42.9 Å². The number of thioether (sulfide) groups is 1. The third-order valence-electron chi connectivity index (χ3n) is 6.06. The number of anilines is 1. The average molecular weight is 493 g/mol. The number of hydrogen-bond donors (Lipinski definition) is 3. The summed E-state index contributed by atoms with van der Waals surface area (Å²) in [5.41, 5.74) is 3.53. The van der Waals surface area contributed by atoms with E-state index in [1.165, 1.54) is 4.90 Å². The predicted molar refractivity (Wildman–Crippen MR) is 139 cm³/mol. The lowest BCUT2D eigenvalue weighted by molar-refractivity contribution is -0.268. The summed E-state index contributed by atoms with van der Waals surface area (Å²) < 4.78 is 13.0. The molecule has 7 heteroatoms. The maximum atomic E-state index is 11.8. The first-order valence-corrected chi connectivity index (χ1v) is 12.9. The Morgan fingerprint density at radius 1 is 0.943 bits per heavy atom. The van der Waals surface area contributed by atoms with Gasteiger partial charge in [-0.25, -0.2) is 4.79 Å². The van der Waals surface area contributed by atoms with Crippen molar-refractivity contribution in [3.63, 3.8) is 0 Å². The molecule has 35 heavy (non-hydrogen) atoms. The van der Waals surface area contributed by atoms with E-state index in [4.69, 9.17) is 9.47 Å². The van der Waals surface area contributed by atoms with Crippen LogP contribution in [0.5, 0.6) is 0 Å². The summed E-state index contributed by atoms with van der Waals surface area (Å²) in [5.74, 6) is 0.925. The Bertz CT molecular complexity index is 1080. The molecule has 0 radical (unpaired) electrons. The maximum absolute atomic E-state index is 11.8. The normalized spacial score (nSPS) is 21.9. The molecule has 1 aliphatic heterocycles. The third-order valence-corrected chi connectivity index (χ3v) is 7.16. The van der Waals surface area contributed by atoms with Crippen LogP contribution in [0.4, 0.5) is 10.5 Å². The molecule has 4 atom stereocenters. The molecule has 1 fully saturated rings. The van der Waals surface area contributed by atoms with E-state index in [-0.39, 0.29) is 30.8 Å². The van der Waals surface area contributed by atoms with Gasteiger partial charge in [-0.1, -0.05) is 61.5 Å². The highest BCUT2D eigenvalue weighted by Gasteiger charge is 2.38. The van der Waals surface area contributed by atoms with Gasteiger partial charge in [0.25, 0.3) is 0 Å². The highest BCUT2D eigenvalue weighted by Crippen LogP contribution is 2.43. The van der Waals surface area contributed by atoms with Crippen LogP contribution < -0.4 is 10.6 Å². The van der Waals surface area contributed by atoms with Gasteiger partial charge in [0.2, 0.25) is 0 Å². The lowest BCUT2D eigenvalue weighted by atomic mass is 9.91. The van der Waals surface area contributed by atoms with E-state index in [1.807, 2.05) is 73.7 Å². The number of ether oxygens (including phenoxy) is 2. The molecule has 3 aromatic carbocycles. The Labute approximate surface area is 211 Å². The van der Waals surface area contributed by atoms with Gasteiger partial charge in [0, 0.05) is 34.4 Å². The maximum Gasteiger partial charge on any atom is 0.319 e. The van der Waals surface area contributed by atoms with Crippen molar-refractivity contribution in [3.05, 3.63) is 95.6 Å². The Morgan fingerprint density at radius 3 is 2.29 bits per heavy atom. The Morgan fingerprint density at radius 2 is 1.63 bits per heavy atom. The first-order valence-electron chi connectivity index (χ1n) is 11.9. The van der Waals surface area contributed by atoms with Gasteiger partial charge in [0.05, 0.1) is 18.8 Å². The van der Waals surface area contributed by atoms with Crippen LogP contribution in [0, 0.1) is 5.92 Å². The number of nitrogens with one attached hydrogen (secondary N) is 2. The van der Waals surface area contributed by atoms with Crippen molar-refractivity contribution in [1.82, 2.24) is 5.32 Å².